The van der Waals surface area contributed by atoms with Crippen LogP contribution in [-0.4, -0.2) is 45.2 Å². The van der Waals surface area contributed by atoms with Crippen LogP contribution < -0.4 is 24.3 Å². The topological polar surface area (TPSA) is 108 Å². The van der Waals surface area contributed by atoms with Gasteiger partial charge in [0.1, 0.15) is 22.2 Å². The number of halogens is 1. The molecular formula is C22H26ClN3O6. The molecule has 0 fully saturated rings. The maximum absolute atomic E-state index is 12.8. The van der Waals surface area contributed by atoms with E-state index in [4.69, 9.17) is 30.5 Å². The number of hydrogen-bond donors (Lipinski definition) is 1. The smallest absolute Gasteiger partial charge is 0.258 e. The van der Waals surface area contributed by atoms with Crippen molar-refractivity contribution in [3.8, 4) is 23.0 Å². The number of Topliss-reactive ketones (excluding diaryl/α,β-unsaturated/α-hetero) is 1. The molecule has 2 aromatic rings. The zero-order valence-corrected chi connectivity index (χ0v) is 19.4. The number of ether oxygens (including phenoxy) is 4. The van der Waals surface area contributed by atoms with Crippen LogP contribution in [0.2, 0.25) is 5.02 Å². The standard InChI is InChI=1S/C22H26ClN3O6/c1-6-31-17-11-10-16(19(23)21(17)32-7-2)24-22(28)20(13(3)27)26-25-15-9-8-14(29-4)12-18(15)30-5/h8-12,20H,6-7H2,1-5H3,(H,24,28). The number of amides is 1. The summed E-state index contributed by atoms with van der Waals surface area (Å²) in [7, 11) is 2.99. The lowest BCUT2D eigenvalue weighted by atomic mass is 10.2. The lowest BCUT2D eigenvalue weighted by Gasteiger charge is -2.16. The van der Waals surface area contributed by atoms with Gasteiger partial charge >= 0.3 is 0 Å². The molecule has 1 unspecified atom stereocenters. The largest absolute Gasteiger partial charge is 0.497 e. The molecule has 10 heteroatoms. The first kappa shape index (κ1) is 24.9. The van der Waals surface area contributed by atoms with Crippen LogP contribution in [0.15, 0.2) is 40.6 Å². The lowest BCUT2D eigenvalue weighted by molar-refractivity contribution is -0.126. The van der Waals surface area contributed by atoms with Gasteiger partial charge in [-0.3, -0.25) is 9.59 Å². The minimum absolute atomic E-state index is 0.155. The molecule has 0 saturated heterocycles. The summed E-state index contributed by atoms with van der Waals surface area (Å²) in [6, 6.07) is 6.69. The van der Waals surface area contributed by atoms with Crippen LogP contribution in [0.3, 0.4) is 0 Å². The summed E-state index contributed by atoms with van der Waals surface area (Å²) in [5.74, 6) is 0.515. The highest BCUT2D eigenvalue weighted by Gasteiger charge is 2.25. The van der Waals surface area contributed by atoms with Crippen LogP contribution in [0.5, 0.6) is 23.0 Å². The fourth-order valence-electron chi connectivity index (χ4n) is 2.69. The van der Waals surface area contributed by atoms with Gasteiger partial charge in [0.2, 0.25) is 6.04 Å². The molecule has 0 saturated carbocycles. The van der Waals surface area contributed by atoms with Crippen molar-refractivity contribution < 1.29 is 28.5 Å². The van der Waals surface area contributed by atoms with E-state index in [0.717, 1.165) is 0 Å². The molecule has 1 N–H and O–H groups in total. The van der Waals surface area contributed by atoms with Crippen molar-refractivity contribution in [2.45, 2.75) is 26.8 Å². The summed E-state index contributed by atoms with van der Waals surface area (Å²) in [6.07, 6.45) is 0. The van der Waals surface area contributed by atoms with Gasteiger partial charge in [-0.2, -0.15) is 10.2 Å². The summed E-state index contributed by atoms with van der Waals surface area (Å²) in [5.41, 5.74) is 0.595. The van der Waals surface area contributed by atoms with E-state index in [1.54, 1.807) is 37.3 Å². The second-order valence-corrected chi connectivity index (χ2v) is 6.75. The molecule has 1 atom stereocenters. The average Bonchev–Trinajstić information content (AvgIpc) is 2.78. The van der Waals surface area contributed by atoms with Crippen LogP contribution >= 0.6 is 11.6 Å². The number of benzene rings is 2. The summed E-state index contributed by atoms with van der Waals surface area (Å²) in [5, 5.41) is 10.7. The molecule has 0 aliphatic carbocycles. The number of nitrogens with one attached hydrogen (secondary N) is 1. The summed E-state index contributed by atoms with van der Waals surface area (Å²) in [4.78, 5) is 24.9. The van der Waals surface area contributed by atoms with Gasteiger partial charge in [0.25, 0.3) is 5.91 Å². The van der Waals surface area contributed by atoms with Gasteiger partial charge in [-0.15, -0.1) is 0 Å². The number of methoxy groups -OCH3 is 2. The minimum Gasteiger partial charge on any atom is -0.497 e. The summed E-state index contributed by atoms with van der Waals surface area (Å²) in [6.45, 7) is 5.66. The first-order valence-electron chi connectivity index (χ1n) is 9.88. The Balaban J connectivity index is 2.29. The SMILES string of the molecule is CCOc1ccc(NC(=O)C(N=Nc2ccc(OC)cc2OC)C(C)=O)c(Cl)c1OCC. The van der Waals surface area contributed by atoms with E-state index in [9.17, 15) is 9.59 Å². The van der Waals surface area contributed by atoms with Crippen molar-refractivity contribution in [2.75, 3.05) is 32.8 Å². The van der Waals surface area contributed by atoms with Crippen molar-refractivity contribution in [2.24, 2.45) is 10.2 Å². The maximum atomic E-state index is 12.8. The van der Waals surface area contributed by atoms with Crippen molar-refractivity contribution in [3.05, 3.63) is 35.4 Å². The van der Waals surface area contributed by atoms with E-state index in [2.05, 4.69) is 15.5 Å². The summed E-state index contributed by atoms with van der Waals surface area (Å²) >= 11 is 6.41. The van der Waals surface area contributed by atoms with Crippen molar-refractivity contribution in [1.82, 2.24) is 0 Å². The molecule has 1 amide bonds. The van der Waals surface area contributed by atoms with Crippen LogP contribution in [0.1, 0.15) is 20.8 Å². The van der Waals surface area contributed by atoms with Crippen LogP contribution in [0, 0.1) is 0 Å². The van der Waals surface area contributed by atoms with E-state index in [0.29, 0.717) is 41.9 Å². The fourth-order valence-corrected chi connectivity index (χ4v) is 2.95. The molecular weight excluding hydrogens is 438 g/mol. The van der Waals surface area contributed by atoms with Gasteiger partial charge in [-0.05, 0) is 45.0 Å². The Morgan fingerprint density at radius 3 is 2.34 bits per heavy atom. The quantitative estimate of drug-likeness (QED) is 0.377. The Morgan fingerprint density at radius 1 is 1.03 bits per heavy atom. The number of nitrogens with zero attached hydrogens (tertiary/aromatic N) is 2. The van der Waals surface area contributed by atoms with Crippen LogP contribution in [0.25, 0.3) is 0 Å². The number of carbonyl (C=O) groups excluding carboxylic acids is 2. The van der Waals surface area contributed by atoms with Gasteiger partial charge in [0.05, 0.1) is 33.1 Å². The van der Waals surface area contributed by atoms with Crippen molar-refractivity contribution in [1.29, 1.82) is 0 Å². The monoisotopic (exact) mass is 463 g/mol. The molecule has 2 aromatic carbocycles. The Bertz CT molecular complexity index is 996. The molecule has 0 aliphatic heterocycles. The zero-order chi connectivity index (χ0) is 23.7. The maximum Gasteiger partial charge on any atom is 0.258 e. The molecule has 0 aliphatic rings. The fraction of sp³-hybridized carbons (Fsp3) is 0.364. The molecule has 0 radical (unpaired) electrons. The van der Waals surface area contributed by atoms with Gasteiger partial charge in [0.15, 0.2) is 17.3 Å². The van der Waals surface area contributed by atoms with Crippen molar-refractivity contribution in [3.63, 3.8) is 0 Å². The summed E-state index contributed by atoms with van der Waals surface area (Å²) < 4.78 is 21.5. The predicted molar refractivity (Wildman–Crippen MR) is 121 cm³/mol. The van der Waals surface area contributed by atoms with E-state index >= 15 is 0 Å². The van der Waals surface area contributed by atoms with Gasteiger partial charge < -0.3 is 24.3 Å². The molecule has 32 heavy (non-hydrogen) atoms. The minimum atomic E-state index is -1.39. The Hall–Kier alpha value is -3.33. The molecule has 9 nitrogen and oxygen atoms in total. The highest BCUT2D eigenvalue weighted by atomic mass is 35.5. The Kier molecular flexibility index (Phi) is 9.27. The first-order chi connectivity index (χ1) is 15.4. The van der Waals surface area contributed by atoms with Crippen LogP contribution in [-0.2, 0) is 9.59 Å². The molecule has 0 spiro atoms. The number of azo groups is 1. The van der Waals surface area contributed by atoms with Gasteiger partial charge in [0, 0.05) is 6.07 Å². The molecule has 172 valence electrons. The number of carbonyl (C=O) groups is 2. The third-order valence-corrected chi connectivity index (χ3v) is 4.58. The van der Waals surface area contributed by atoms with Gasteiger partial charge in [-0.25, -0.2) is 0 Å². The number of rotatable bonds is 11. The number of ketones is 1. The predicted octanol–water partition coefficient (Wildman–Crippen LogP) is 4.83. The van der Waals surface area contributed by atoms with Gasteiger partial charge in [-0.1, -0.05) is 11.6 Å². The first-order valence-corrected chi connectivity index (χ1v) is 10.3. The van der Waals surface area contributed by atoms with Crippen LogP contribution in [0.4, 0.5) is 11.4 Å². The average molecular weight is 464 g/mol. The Morgan fingerprint density at radius 2 is 1.75 bits per heavy atom. The van der Waals surface area contributed by atoms with E-state index in [1.165, 1.54) is 21.1 Å². The van der Waals surface area contributed by atoms with E-state index in [-0.39, 0.29) is 10.7 Å². The molecule has 0 bridgehead atoms. The number of anilines is 1. The zero-order valence-electron chi connectivity index (χ0n) is 18.6. The third-order valence-electron chi connectivity index (χ3n) is 4.21. The molecule has 0 heterocycles. The Labute approximate surface area is 191 Å². The lowest BCUT2D eigenvalue weighted by Crippen LogP contribution is -2.32. The second kappa shape index (κ2) is 11.9. The highest BCUT2D eigenvalue weighted by Crippen LogP contribution is 2.40. The number of hydrogen-bond acceptors (Lipinski definition) is 8. The van der Waals surface area contributed by atoms with Crippen molar-refractivity contribution >= 4 is 34.7 Å². The second-order valence-electron chi connectivity index (χ2n) is 6.38. The van der Waals surface area contributed by atoms with E-state index in [1.807, 2.05) is 6.92 Å². The highest BCUT2D eigenvalue weighted by molar-refractivity contribution is 6.35. The molecule has 2 rings (SSSR count). The normalized spacial score (nSPS) is 11.7. The van der Waals surface area contributed by atoms with E-state index < -0.39 is 17.7 Å². The third kappa shape index (κ3) is 6.10. The molecule has 0 aromatic heterocycles.